The van der Waals surface area contributed by atoms with Crippen LogP contribution in [0.2, 0.25) is 0 Å². The molecule has 242 valence electrons. The summed E-state index contributed by atoms with van der Waals surface area (Å²) in [6.07, 6.45) is -3.30. The summed E-state index contributed by atoms with van der Waals surface area (Å²) in [5, 5.41) is 35.9. The highest BCUT2D eigenvalue weighted by Crippen LogP contribution is 2.75. The van der Waals surface area contributed by atoms with Crippen LogP contribution in [0.5, 0.6) is 0 Å². The van der Waals surface area contributed by atoms with Gasteiger partial charge < -0.3 is 33.9 Å². The minimum absolute atomic E-state index is 0.00466. The molecule has 1 aliphatic heterocycles. The largest absolute Gasteiger partial charge is 0.472 e. The van der Waals surface area contributed by atoms with Crippen LogP contribution in [0.25, 0.3) is 0 Å². The SMILES string of the molecule is CC[C@@H](C)C(=O)O[C@@H]1OC[C@]23[C@H](O)[C@@H](O)[C@H](OC(C)=O)[C@@]1(C)[C@@H]2C[C@@H](O)[C@@]1(C)[C@@H]2C(=O)C[C@@H](c4ccoc4)[C@]2(C)CC(=O)[C@@H]13. The summed E-state index contributed by atoms with van der Waals surface area (Å²) in [5.74, 6) is -4.93. The smallest absolute Gasteiger partial charge is 0.310 e. The quantitative estimate of drug-likeness (QED) is 0.416. The van der Waals surface area contributed by atoms with E-state index in [9.17, 15) is 34.5 Å². The Kier molecular flexibility index (Phi) is 7.28. The summed E-state index contributed by atoms with van der Waals surface area (Å²) in [7, 11) is 0. The molecule has 2 heterocycles. The van der Waals surface area contributed by atoms with E-state index < -0.39 is 88.0 Å². The Bertz CT molecular complexity index is 1360. The van der Waals surface area contributed by atoms with Crippen molar-refractivity contribution in [2.75, 3.05) is 6.61 Å². The van der Waals surface area contributed by atoms with Gasteiger partial charge in [-0.05, 0) is 42.7 Å². The third-order valence-electron chi connectivity index (χ3n) is 12.7. The molecule has 3 N–H and O–H groups in total. The average Bonchev–Trinajstić information content (AvgIpc) is 3.58. The number of aliphatic hydroxyl groups is 3. The standard InChI is InChI=1S/C33H44O11/c1-7-15(2)28(40)44-29-31(5)21-11-22(37)32(6)24-19(35)10-18(17-8-9-41-13-17)30(24,4)12-20(36)25(32)33(21,14-42-29)26(39)23(38)27(31)43-16(3)34/h8-9,13,15,18,21-27,29,37-39H,7,10-12,14H2,1-6H3/t15-,18+,21+,22-,23-,24-,25+,26-,27+,29+,30+,31-,32+,33+/m1/s1. The summed E-state index contributed by atoms with van der Waals surface area (Å²) < 4.78 is 23.1. The zero-order chi connectivity index (χ0) is 32.1. The fourth-order valence-electron chi connectivity index (χ4n) is 10.7. The number of fused-ring (bicyclic) bond motifs is 3. The zero-order valence-electron chi connectivity index (χ0n) is 26.1. The van der Waals surface area contributed by atoms with E-state index in [1.54, 1.807) is 33.1 Å². The Morgan fingerprint density at radius 1 is 1.07 bits per heavy atom. The fraction of sp³-hybridized carbons (Fsp3) is 0.758. The lowest BCUT2D eigenvalue weighted by Gasteiger charge is -2.73. The second kappa shape index (κ2) is 10.2. The van der Waals surface area contributed by atoms with E-state index in [2.05, 4.69) is 0 Å². The third-order valence-corrected chi connectivity index (χ3v) is 12.7. The molecule has 0 spiro atoms. The van der Waals surface area contributed by atoms with Crippen LogP contribution in [0.15, 0.2) is 23.0 Å². The second-order valence-corrected chi connectivity index (χ2v) is 14.8. The topological polar surface area (TPSA) is 170 Å². The minimum atomic E-state index is -1.66. The molecule has 1 saturated heterocycles. The lowest BCUT2D eigenvalue weighted by atomic mass is 9.33. The number of rotatable bonds is 5. The maximum atomic E-state index is 14.6. The van der Waals surface area contributed by atoms with Crippen LogP contribution in [0.4, 0.5) is 0 Å². The van der Waals surface area contributed by atoms with Gasteiger partial charge in [-0.15, -0.1) is 0 Å². The van der Waals surface area contributed by atoms with Crippen molar-refractivity contribution >= 4 is 23.5 Å². The van der Waals surface area contributed by atoms with E-state index in [0.29, 0.717) is 6.42 Å². The average molecular weight is 617 g/mol. The van der Waals surface area contributed by atoms with Gasteiger partial charge in [0.15, 0.2) is 0 Å². The van der Waals surface area contributed by atoms with Crippen LogP contribution in [-0.2, 0) is 33.4 Å². The first-order chi connectivity index (χ1) is 20.6. The van der Waals surface area contributed by atoms with Crippen LogP contribution in [-0.4, -0.2) is 76.1 Å². The molecule has 14 atom stereocenters. The molecule has 11 nitrogen and oxygen atoms in total. The molecular formula is C33H44O11. The molecule has 4 saturated carbocycles. The van der Waals surface area contributed by atoms with Crippen molar-refractivity contribution in [3.8, 4) is 0 Å². The highest BCUT2D eigenvalue weighted by Gasteiger charge is 2.82. The maximum Gasteiger partial charge on any atom is 0.310 e. The number of furan rings is 1. The van der Waals surface area contributed by atoms with Gasteiger partial charge in [-0.2, -0.15) is 0 Å². The normalized spacial score (nSPS) is 48.5. The Hall–Kier alpha value is -2.60. The number of hydrogen-bond acceptors (Lipinski definition) is 11. The maximum absolute atomic E-state index is 14.6. The molecule has 11 heteroatoms. The number of aliphatic hydroxyl groups excluding tert-OH is 3. The van der Waals surface area contributed by atoms with Gasteiger partial charge >= 0.3 is 11.9 Å². The number of ether oxygens (including phenoxy) is 3. The van der Waals surface area contributed by atoms with E-state index in [-0.39, 0.29) is 43.4 Å². The summed E-state index contributed by atoms with van der Waals surface area (Å²) in [5.41, 5.74) is -4.23. The van der Waals surface area contributed by atoms with Crippen LogP contribution in [0, 0.1) is 45.3 Å². The number of ketones is 2. The van der Waals surface area contributed by atoms with E-state index in [0.717, 1.165) is 5.56 Å². The number of carbonyl (C=O) groups excluding carboxylic acids is 4. The molecule has 4 aliphatic carbocycles. The molecule has 6 rings (SSSR count). The molecule has 5 aliphatic rings. The Balaban J connectivity index is 1.50. The lowest BCUT2D eigenvalue weighted by molar-refractivity contribution is -0.387. The van der Waals surface area contributed by atoms with Gasteiger partial charge in [0.25, 0.3) is 0 Å². The first-order valence-corrected chi connectivity index (χ1v) is 15.7. The van der Waals surface area contributed by atoms with Crippen LogP contribution < -0.4 is 0 Å². The highest BCUT2D eigenvalue weighted by atomic mass is 16.7. The predicted molar refractivity (Wildman–Crippen MR) is 151 cm³/mol. The fourth-order valence-corrected chi connectivity index (χ4v) is 10.7. The number of hydrogen-bond donors (Lipinski definition) is 3. The number of esters is 2. The molecule has 1 aromatic heterocycles. The minimum Gasteiger partial charge on any atom is -0.472 e. The molecule has 0 amide bonds. The van der Waals surface area contributed by atoms with Gasteiger partial charge in [-0.25, -0.2) is 0 Å². The second-order valence-electron chi connectivity index (χ2n) is 14.8. The summed E-state index contributed by atoms with van der Waals surface area (Å²) in [6, 6.07) is 1.80. The summed E-state index contributed by atoms with van der Waals surface area (Å²) in [4.78, 5) is 54.0. The van der Waals surface area contributed by atoms with E-state index in [1.165, 1.54) is 13.2 Å². The Morgan fingerprint density at radius 2 is 1.77 bits per heavy atom. The van der Waals surface area contributed by atoms with E-state index >= 15 is 0 Å². The molecule has 0 aromatic carbocycles. The zero-order valence-corrected chi connectivity index (χ0v) is 26.1. The van der Waals surface area contributed by atoms with Crippen LogP contribution in [0.1, 0.15) is 78.7 Å². The van der Waals surface area contributed by atoms with E-state index in [1.807, 2.05) is 13.8 Å². The number of carbonyl (C=O) groups is 4. The summed E-state index contributed by atoms with van der Waals surface area (Å²) in [6.45, 7) is 9.80. The van der Waals surface area contributed by atoms with Gasteiger partial charge in [0.1, 0.15) is 23.8 Å². The van der Waals surface area contributed by atoms with Gasteiger partial charge in [0.05, 0.1) is 42.7 Å². The Labute approximate surface area is 256 Å². The summed E-state index contributed by atoms with van der Waals surface area (Å²) >= 11 is 0. The van der Waals surface area contributed by atoms with Crippen molar-refractivity contribution in [3.05, 3.63) is 24.2 Å². The van der Waals surface area contributed by atoms with Crippen molar-refractivity contribution in [2.45, 2.75) is 104 Å². The molecule has 44 heavy (non-hydrogen) atoms. The molecular weight excluding hydrogens is 572 g/mol. The molecule has 0 unspecified atom stereocenters. The van der Waals surface area contributed by atoms with Gasteiger partial charge in [0.2, 0.25) is 6.29 Å². The molecule has 5 fully saturated rings. The third kappa shape index (κ3) is 3.82. The first-order valence-electron chi connectivity index (χ1n) is 15.7. The van der Waals surface area contributed by atoms with Crippen LogP contribution >= 0.6 is 0 Å². The monoisotopic (exact) mass is 616 g/mol. The van der Waals surface area contributed by atoms with Gasteiger partial charge in [-0.1, -0.05) is 27.7 Å². The van der Waals surface area contributed by atoms with E-state index in [4.69, 9.17) is 18.6 Å². The van der Waals surface area contributed by atoms with Crippen molar-refractivity contribution in [3.63, 3.8) is 0 Å². The predicted octanol–water partition coefficient (Wildman–Crippen LogP) is 2.54. The highest BCUT2D eigenvalue weighted by molar-refractivity contribution is 5.94. The lowest BCUT2D eigenvalue weighted by Crippen LogP contribution is -2.82. The molecule has 2 bridgehead atoms. The van der Waals surface area contributed by atoms with Crippen LogP contribution in [0.3, 0.4) is 0 Å². The Morgan fingerprint density at radius 3 is 2.39 bits per heavy atom. The first kappa shape index (κ1) is 31.4. The van der Waals surface area contributed by atoms with Gasteiger partial charge in [0, 0.05) is 48.3 Å². The van der Waals surface area contributed by atoms with Crippen molar-refractivity contribution in [1.82, 2.24) is 0 Å². The van der Waals surface area contributed by atoms with Crippen molar-refractivity contribution in [2.24, 2.45) is 45.3 Å². The molecule has 0 radical (unpaired) electrons. The van der Waals surface area contributed by atoms with Gasteiger partial charge in [-0.3, -0.25) is 19.2 Å². The number of Topliss-reactive ketones (excluding diaryl/α,β-unsaturated/α-hetero) is 2. The molecule has 1 aromatic rings. The van der Waals surface area contributed by atoms with Crippen molar-refractivity contribution in [1.29, 1.82) is 0 Å². The van der Waals surface area contributed by atoms with Crippen molar-refractivity contribution < 1.29 is 53.1 Å².